The zero-order chi connectivity index (χ0) is 20.1. The van der Waals surface area contributed by atoms with E-state index in [4.69, 9.17) is 19.3 Å². The third-order valence-corrected chi connectivity index (χ3v) is 4.80. The fourth-order valence-electron chi connectivity index (χ4n) is 3.31. The van der Waals surface area contributed by atoms with Crippen LogP contribution in [0.5, 0.6) is 5.75 Å². The average Bonchev–Trinajstić information content (AvgIpc) is 3.19. The Morgan fingerprint density at radius 1 is 1.21 bits per heavy atom. The van der Waals surface area contributed by atoms with E-state index in [1.807, 2.05) is 36.5 Å². The Bertz CT molecular complexity index is 937. The van der Waals surface area contributed by atoms with E-state index >= 15 is 0 Å². The van der Waals surface area contributed by atoms with Gasteiger partial charge in [0.05, 0.1) is 44.4 Å². The summed E-state index contributed by atoms with van der Waals surface area (Å²) in [4.78, 5) is 0. The fraction of sp³-hybridized carbons (Fsp3) is 0.318. The molecule has 29 heavy (non-hydrogen) atoms. The largest absolute Gasteiger partial charge is 0.497 e. The van der Waals surface area contributed by atoms with Gasteiger partial charge < -0.3 is 19.5 Å². The smallest absolute Gasteiger partial charge is 0.123 e. The minimum atomic E-state index is -0.284. The molecule has 0 unspecified atom stereocenters. The number of hydrogen-bond acceptors (Lipinski definition) is 5. The Balaban J connectivity index is 1.57. The van der Waals surface area contributed by atoms with Crippen LogP contribution in [0.4, 0.5) is 4.39 Å². The molecule has 7 heteroatoms. The van der Waals surface area contributed by atoms with Crippen molar-refractivity contribution in [3.63, 3.8) is 0 Å². The molecule has 1 N–H and O–H groups in total. The molecule has 1 fully saturated rings. The molecule has 1 aromatic heterocycles. The van der Waals surface area contributed by atoms with Crippen molar-refractivity contribution in [1.29, 1.82) is 0 Å². The Morgan fingerprint density at radius 3 is 2.79 bits per heavy atom. The van der Waals surface area contributed by atoms with Crippen LogP contribution in [0.25, 0.3) is 16.9 Å². The summed E-state index contributed by atoms with van der Waals surface area (Å²) in [5.74, 6) is 0.496. The Kier molecular flexibility index (Phi) is 6.19. The summed E-state index contributed by atoms with van der Waals surface area (Å²) in [6.45, 7) is 3.12. The maximum atomic E-state index is 13.8. The van der Waals surface area contributed by atoms with E-state index < -0.39 is 0 Å². The zero-order valence-electron chi connectivity index (χ0n) is 16.3. The topological polar surface area (TPSA) is 57.5 Å². The van der Waals surface area contributed by atoms with E-state index in [1.54, 1.807) is 17.9 Å². The fourth-order valence-corrected chi connectivity index (χ4v) is 3.31. The number of nitrogens with one attached hydrogen (secondary N) is 1. The molecule has 0 saturated carbocycles. The first kappa shape index (κ1) is 19.6. The zero-order valence-corrected chi connectivity index (χ0v) is 16.3. The molecule has 3 aromatic rings. The molecule has 4 rings (SSSR count). The summed E-state index contributed by atoms with van der Waals surface area (Å²) in [5, 5.41) is 8.13. The quantitative estimate of drug-likeness (QED) is 0.664. The Morgan fingerprint density at radius 2 is 2.07 bits per heavy atom. The molecule has 6 nitrogen and oxygen atoms in total. The normalized spacial score (nSPS) is 16.7. The van der Waals surface area contributed by atoms with Gasteiger partial charge in [0.25, 0.3) is 0 Å². The van der Waals surface area contributed by atoms with Crippen LogP contribution < -0.4 is 10.1 Å². The summed E-state index contributed by atoms with van der Waals surface area (Å²) in [6, 6.07) is 14.1. The predicted molar refractivity (Wildman–Crippen MR) is 108 cm³/mol. The van der Waals surface area contributed by atoms with Gasteiger partial charge in [-0.3, -0.25) is 0 Å². The van der Waals surface area contributed by atoms with Crippen molar-refractivity contribution in [3.8, 4) is 22.7 Å². The highest BCUT2D eigenvalue weighted by molar-refractivity contribution is 5.63. The molecule has 2 heterocycles. The molecule has 0 amide bonds. The predicted octanol–water partition coefficient (Wildman–Crippen LogP) is 3.19. The summed E-state index contributed by atoms with van der Waals surface area (Å²) >= 11 is 0. The maximum Gasteiger partial charge on any atom is 0.123 e. The second-order valence-corrected chi connectivity index (χ2v) is 6.85. The molecule has 2 aromatic carbocycles. The first-order chi connectivity index (χ1) is 14.2. The van der Waals surface area contributed by atoms with E-state index in [2.05, 4.69) is 5.32 Å². The number of halogens is 1. The molecular weight excluding hydrogens is 373 g/mol. The lowest BCUT2D eigenvalue weighted by atomic mass is 10.1. The molecule has 1 aliphatic heterocycles. The molecule has 1 saturated heterocycles. The molecule has 0 bridgehead atoms. The van der Waals surface area contributed by atoms with Gasteiger partial charge in [-0.1, -0.05) is 12.1 Å². The van der Waals surface area contributed by atoms with Crippen LogP contribution in [0.1, 0.15) is 5.56 Å². The molecule has 0 aliphatic carbocycles. The van der Waals surface area contributed by atoms with Gasteiger partial charge in [-0.2, -0.15) is 5.10 Å². The van der Waals surface area contributed by atoms with Crippen molar-refractivity contribution in [3.05, 3.63) is 66.1 Å². The molecule has 1 atom stereocenters. The standard InChI is InChI=1S/C22H24FN3O3/c1-27-20-7-5-19(6-8-20)26-14-17(12-24-13-21-15-28-9-10-29-21)22(25-26)16-3-2-4-18(23)11-16/h2-8,11,14,21,24H,9-10,12-13,15H2,1H3/t21-/m0/s1. The maximum absolute atomic E-state index is 13.8. The minimum Gasteiger partial charge on any atom is -0.497 e. The summed E-state index contributed by atoms with van der Waals surface area (Å²) in [6.07, 6.45) is 2.01. The first-order valence-corrected chi connectivity index (χ1v) is 9.62. The van der Waals surface area contributed by atoms with Crippen LogP contribution in [0.15, 0.2) is 54.7 Å². The van der Waals surface area contributed by atoms with Crippen molar-refractivity contribution in [2.45, 2.75) is 12.6 Å². The van der Waals surface area contributed by atoms with Crippen LogP contribution in [-0.4, -0.2) is 49.4 Å². The molecule has 1 aliphatic rings. The van der Waals surface area contributed by atoms with Gasteiger partial charge >= 0.3 is 0 Å². The summed E-state index contributed by atoms with van der Waals surface area (Å²) < 4.78 is 31.9. The lowest BCUT2D eigenvalue weighted by molar-refractivity contribution is -0.0864. The first-order valence-electron chi connectivity index (χ1n) is 9.62. The number of benzene rings is 2. The van der Waals surface area contributed by atoms with Crippen LogP contribution in [0.2, 0.25) is 0 Å². The van der Waals surface area contributed by atoms with E-state index in [-0.39, 0.29) is 11.9 Å². The Labute approximate surface area is 169 Å². The molecular formula is C22H24FN3O3. The van der Waals surface area contributed by atoms with Crippen LogP contribution in [-0.2, 0) is 16.0 Å². The Hall–Kier alpha value is -2.74. The number of nitrogens with zero attached hydrogens (tertiary/aromatic N) is 2. The molecule has 0 spiro atoms. The summed E-state index contributed by atoms with van der Waals surface area (Å²) in [7, 11) is 1.63. The van der Waals surface area contributed by atoms with Crippen LogP contribution in [0.3, 0.4) is 0 Å². The lowest BCUT2D eigenvalue weighted by Gasteiger charge is -2.23. The lowest BCUT2D eigenvalue weighted by Crippen LogP contribution is -2.37. The van der Waals surface area contributed by atoms with Gasteiger partial charge in [-0.25, -0.2) is 9.07 Å². The van der Waals surface area contributed by atoms with Gasteiger partial charge in [-0.15, -0.1) is 0 Å². The molecule has 0 radical (unpaired) electrons. The van der Waals surface area contributed by atoms with E-state index in [0.29, 0.717) is 32.9 Å². The number of aromatic nitrogens is 2. The van der Waals surface area contributed by atoms with E-state index in [0.717, 1.165) is 28.3 Å². The summed E-state index contributed by atoms with van der Waals surface area (Å²) in [5.41, 5.74) is 3.36. The third kappa shape index (κ3) is 4.82. The number of ether oxygens (including phenoxy) is 3. The van der Waals surface area contributed by atoms with Crippen LogP contribution >= 0.6 is 0 Å². The second kappa shape index (κ2) is 9.17. The highest BCUT2D eigenvalue weighted by Crippen LogP contribution is 2.25. The van der Waals surface area contributed by atoms with E-state index in [1.165, 1.54) is 12.1 Å². The number of hydrogen-bond donors (Lipinski definition) is 1. The third-order valence-electron chi connectivity index (χ3n) is 4.80. The van der Waals surface area contributed by atoms with Gasteiger partial charge in [0.15, 0.2) is 0 Å². The number of methoxy groups -OCH3 is 1. The highest BCUT2D eigenvalue weighted by Gasteiger charge is 2.16. The number of rotatable bonds is 7. The van der Waals surface area contributed by atoms with E-state index in [9.17, 15) is 4.39 Å². The van der Waals surface area contributed by atoms with Crippen molar-refractivity contribution in [1.82, 2.24) is 15.1 Å². The minimum absolute atomic E-state index is 0.0398. The monoisotopic (exact) mass is 397 g/mol. The van der Waals surface area contributed by atoms with Crippen molar-refractivity contribution < 1.29 is 18.6 Å². The van der Waals surface area contributed by atoms with Gasteiger partial charge in [0.1, 0.15) is 11.6 Å². The van der Waals surface area contributed by atoms with Crippen molar-refractivity contribution in [2.75, 3.05) is 33.5 Å². The van der Waals surface area contributed by atoms with Crippen molar-refractivity contribution in [2.24, 2.45) is 0 Å². The van der Waals surface area contributed by atoms with Gasteiger partial charge in [0, 0.05) is 30.4 Å². The van der Waals surface area contributed by atoms with Gasteiger partial charge in [0.2, 0.25) is 0 Å². The second-order valence-electron chi connectivity index (χ2n) is 6.85. The van der Waals surface area contributed by atoms with Crippen LogP contribution in [0, 0.1) is 5.82 Å². The van der Waals surface area contributed by atoms with Crippen molar-refractivity contribution >= 4 is 0 Å². The molecule has 152 valence electrons. The highest BCUT2D eigenvalue weighted by atomic mass is 19.1. The average molecular weight is 397 g/mol. The van der Waals surface area contributed by atoms with Gasteiger partial charge in [-0.05, 0) is 36.4 Å². The SMILES string of the molecule is COc1ccc(-n2cc(CNC[C@H]3COCCO3)c(-c3cccc(F)c3)n2)cc1.